The van der Waals surface area contributed by atoms with E-state index in [0.717, 1.165) is 18.7 Å². The average molecular weight is 357 g/mol. The van der Waals surface area contributed by atoms with E-state index in [1.54, 1.807) is 24.3 Å². The Labute approximate surface area is 150 Å². The third-order valence-corrected chi connectivity index (χ3v) is 5.59. The van der Waals surface area contributed by atoms with Crippen LogP contribution in [0.2, 0.25) is 0 Å². The molecule has 0 saturated heterocycles. The fourth-order valence-corrected chi connectivity index (χ4v) is 4.15. The molecule has 1 aromatic heterocycles. The van der Waals surface area contributed by atoms with Crippen LogP contribution in [0.1, 0.15) is 64.6 Å². The highest BCUT2D eigenvalue weighted by Gasteiger charge is 2.34. The number of carbonyl (C=O) groups excluding carboxylic acids is 2. The van der Waals surface area contributed by atoms with E-state index in [2.05, 4.69) is 10.2 Å². The van der Waals surface area contributed by atoms with Gasteiger partial charge in [-0.05, 0) is 25.0 Å². The maximum atomic E-state index is 12.3. The minimum absolute atomic E-state index is 0.227. The molecular weight excluding hydrogens is 338 g/mol. The minimum atomic E-state index is -0.227. The molecule has 0 spiro atoms. The maximum Gasteiger partial charge on any atom is 0.276 e. The summed E-state index contributed by atoms with van der Waals surface area (Å²) in [6.45, 7) is 0.332. The molecule has 2 amide bonds. The molecule has 4 rings (SSSR count). The van der Waals surface area contributed by atoms with Crippen molar-refractivity contribution in [3.05, 3.63) is 41.3 Å². The van der Waals surface area contributed by atoms with E-state index in [9.17, 15) is 9.59 Å². The molecule has 7 heteroatoms. The van der Waals surface area contributed by atoms with Gasteiger partial charge in [0.25, 0.3) is 17.0 Å². The molecule has 0 bridgehead atoms. The zero-order valence-electron chi connectivity index (χ0n) is 13.8. The van der Waals surface area contributed by atoms with Crippen LogP contribution in [0.15, 0.2) is 33.9 Å². The van der Waals surface area contributed by atoms with Crippen LogP contribution in [-0.4, -0.2) is 39.2 Å². The van der Waals surface area contributed by atoms with E-state index >= 15 is 0 Å². The lowest BCUT2D eigenvalue weighted by atomic mass is 9.89. The Hall–Kier alpha value is -2.15. The fraction of sp³-hybridized carbons (Fsp3) is 0.444. The van der Waals surface area contributed by atoms with Gasteiger partial charge in [-0.3, -0.25) is 14.5 Å². The molecule has 25 heavy (non-hydrogen) atoms. The highest BCUT2D eigenvalue weighted by Crippen LogP contribution is 2.33. The molecule has 1 aliphatic heterocycles. The van der Waals surface area contributed by atoms with Gasteiger partial charge >= 0.3 is 0 Å². The van der Waals surface area contributed by atoms with Gasteiger partial charge in [0.05, 0.1) is 11.1 Å². The van der Waals surface area contributed by atoms with Crippen molar-refractivity contribution in [3.63, 3.8) is 0 Å². The van der Waals surface area contributed by atoms with E-state index in [4.69, 9.17) is 4.42 Å². The highest BCUT2D eigenvalue weighted by atomic mass is 32.2. The van der Waals surface area contributed by atoms with Crippen LogP contribution >= 0.6 is 11.8 Å². The van der Waals surface area contributed by atoms with Crippen LogP contribution in [0.3, 0.4) is 0 Å². The third-order valence-electron chi connectivity index (χ3n) is 4.80. The number of carbonyl (C=O) groups is 2. The molecule has 1 fully saturated rings. The molecule has 2 heterocycles. The minimum Gasteiger partial charge on any atom is -0.416 e. The molecule has 1 aromatic carbocycles. The van der Waals surface area contributed by atoms with Crippen molar-refractivity contribution < 1.29 is 14.0 Å². The zero-order chi connectivity index (χ0) is 17.2. The normalized spacial score (nSPS) is 18.0. The molecule has 0 atom stereocenters. The van der Waals surface area contributed by atoms with Gasteiger partial charge < -0.3 is 4.42 Å². The van der Waals surface area contributed by atoms with Crippen LogP contribution in [0.25, 0.3) is 0 Å². The summed E-state index contributed by atoms with van der Waals surface area (Å²) in [5, 5.41) is 8.77. The fourth-order valence-electron chi connectivity index (χ4n) is 3.46. The largest absolute Gasteiger partial charge is 0.416 e. The van der Waals surface area contributed by atoms with Crippen molar-refractivity contribution in [3.8, 4) is 0 Å². The average Bonchev–Trinajstić information content (AvgIpc) is 3.22. The molecule has 1 aliphatic carbocycles. The zero-order valence-corrected chi connectivity index (χ0v) is 14.6. The molecule has 0 unspecified atom stereocenters. The topological polar surface area (TPSA) is 76.3 Å². The van der Waals surface area contributed by atoms with Gasteiger partial charge in [-0.15, -0.1) is 10.2 Å². The summed E-state index contributed by atoms with van der Waals surface area (Å²) in [6, 6.07) is 6.93. The predicted molar refractivity (Wildman–Crippen MR) is 92.7 cm³/mol. The lowest BCUT2D eigenvalue weighted by Gasteiger charge is -2.17. The van der Waals surface area contributed by atoms with Crippen molar-refractivity contribution in [1.82, 2.24) is 15.1 Å². The van der Waals surface area contributed by atoms with E-state index in [-0.39, 0.29) is 11.8 Å². The standard InChI is InChI=1S/C18H19N3O3S/c22-16-13-8-4-5-9-14(13)17(23)21(16)10-11-25-18-20-19-15(24-18)12-6-2-1-3-7-12/h4-5,8-9,12H,1-3,6-7,10-11H2. The smallest absolute Gasteiger partial charge is 0.276 e. The van der Waals surface area contributed by atoms with Crippen molar-refractivity contribution in [2.45, 2.75) is 43.2 Å². The second-order valence-electron chi connectivity index (χ2n) is 6.40. The molecule has 0 radical (unpaired) electrons. The number of benzene rings is 1. The first-order valence-electron chi connectivity index (χ1n) is 8.65. The van der Waals surface area contributed by atoms with Crippen LogP contribution in [0.4, 0.5) is 0 Å². The summed E-state index contributed by atoms with van der Waals surface area (Å²) in [6.07, 6.45) is 5.94. The number of amides is 2. The van der Waals surface area contributed by atoms with Crippen molar-refractivity contribution >= 4 is 23.6 Å². The Bertz CT molecular complexity index is 763. The number of hydrogen-bond acceptors (Lipinski definition) is 6. The Morgan fingerprint density at radius 2 is 1.72 bits per heavy atom. The van der Waals surface area contributed by atoms with Gasteiger partial charge in [0.2, 0.25) is 5.89 Å². The number of thioether (sulfide) groups is 1. The Morgan fingerprint density at radius 3 is 2.40 bits per heavy atom. The van der Waals surface area contributed by atoms with Crippen LogP contribution in [-0.2, 0) is 0 Å². The summed E-state index contributed by atoms with van der Waals surface area (Å²) in [7, 11) is 0. The van der Waals surface area contributed by atoms with Gasteiger partial charge in [-0.2, -0.15) is 0 Å². The summed E-state index contributed by atoms with van der Waals surface area (Å²) in [4.78, 5) is 25.9. The molecule has 2 aliphatic rings. The maximum absolute atomic E-state index is 12.3. The Morgan fingerprint density at radius 1 is 1.04 bits per heavy atom. The van der Waals surface area contributed by atoms with Crippen LogP contribution in [0.5, 0.6) is 0 Å². The van der Waals surface area contributed by atoms with Gasteiger partial charge in [0.1, 0.15) is 0 Å². The first-order chi connectivity index (χ1) is 12.2. The molecule has 6 nitrogen and oxygen atoms in total. The van der Waals surface area contributed by atoms with Gasteiger partial charge in [-0.25, -0.2) is 0 Å². The van der Waals surface area contributed by atoms with Gasteiger partial charge in [0.15, 0.2) is 0 Å². The number of fused-ring (bicyclic) bond motifs is 1. The number of rotatable bonds is 5. The second kappa shape index (κ2) is 7.00. The molecule has 130 valence electrons. The molecule has 2 aromatic rings. The lowest BCUT2D eigenvalue weighted by molar-refractivity contribution is 0.0664. The van der Waals surface area contributed by atoms with Gasteiger partial charge in [0, 0.05) is 18.2 Å². The van der Waals surface area contributed by atoms with Crippen molar-refractivity contribution in [2.24, 2.45) is 0 Å². The van der Waals surface area contributed by atoms with E-state index < -0.39 is 0 Å². The SMILES string of the molecule is O=C1c2ccccc2C(=O)N1CCSc1nnc(C2CCCCC2)o1. The highest BCUT2D eigenvalue weighted by molar-refractivity contribution is 7.99. The second-order valence-corrected chi connectivity index (χ2v) is 7.44. The van der Waals surface area contributed by atoms with Crippen molar-refractivity contribution in [2.75, 3.05) is 12.3 Å². The summed E-state index contributed by atoms with van der Waals surface area (Å²) >= 11 is 1.39. The number of nitrogens with zero attached hydrogens (tertiary/aromatic N) is 3. The summed E-state index contributed by atoms with van der Waals surface area (Å²) in [5.41, 5.74) is 0.963. The lowest BCUT2D eigenvalue weighted by Crippen LogP contribution is -2.31. The number of imide groups is 1. The summed E-state index contributed by atoms with van der Waals surface area (Å²) < 4.78 is 5.76. The summed E-state index contributed by atoms with van der Waals surface area (Å²) in [5.74, 6) is 1.19. The first-order valence-corrected chi connectivity index (χ1v) is 9.64. The van der Waals surface area contributed by atoms with Crippen molar-refractivity contribution in [1.29, 1.82) is 0 Å². The van der Waals surface area contributed by atoms with Crippen LogP contribution < -0.4 is 0 Å². The first kappa shape index (κ1) is 16.3. The molecule has 1 saturated carbocycles. The Balaban J connectivity index is 1.33. The number of aromatic nitrogens is 2. The van der Waals surface area contributed by atoms with E-state index in [1.165, 1.54) is 35.9 Å². The van der Waals surface area contributed by atoms with E-state index in [1.807, 2.05) is 0 Å². The molecular formula is C18H19N3O3S. The monoisotopic (exact) mass is 357 g/mol. The quantitative estimate of drug-likeness (QED) is 0.602. The molecule has 0 N–H and O–H groups in total. The predicted octanol–water partition coefficient (Wildman–Crippen LogP) is 3.51. The third kappa shape index (κ3) is 3.20. The van der Waals surface area contributed by atoms with Crippen LogP contribution in [0, 0.1) is 0 Å². The van der Waals surface area contributed by atoms with Gasteiger partial charge in [-0.1, -0.05) is 43.2 Å². The van der Waals surface area contributed by atoms with E-state index in [0.29, 0.717) is 34.6 Å². The number of hydrogen-bond donors (Lipinski definition) is 0. The Kier molecular flexibility index (Phi) is 4.57.